The van der Waals surface area contributed by atoms with E-state index < -0.39 is 0 Å². The zero-order chi connectivity index (χ0) is 20.4. The van der Waals surface area contributed by atoms with Crippen molar-refractivity contribution in [2.24, 2.45) is 0 Å². The predicted molar refractivity (Wildman–Crippen MR) is 123 cm³/mol. The van der Waals surface area contributed by atoms with Gasteiger partial charge in [-0.15, -0.1) is 0 Å². The number of aryl methyl sites for hydroxylation is 1. The Labute approximate surface area is 187 Å². The number of nitrogens with zero attached hydrogens (tertiary/aromatic N) is 3. The van der Waals surface area contributed by atoms with E-state index in [4.69, 9.17) is 28.2 Å². The fourth-order valence-corrected chi connectivity index (χ4v) is 4.60. The Balaban J connectivity index is 2.02. The number of benzene rings is 2. The Morgan fingerprint density at radius 1 is 1.14 bits per heavy atom. The van der Waals surface area contributed by atoms with Gasteiger partial charge in [0, 0.05) is 16.0 Å². The number of carbonyl (C=O) groups is 1. The minimum absolute atomic E-state index is 0.159. The molecule has 0 spiro atoms. The summed E-state index contributed by atoms with van der Waals surface area (Å²) in [6, 6.07) is 9.10. The molecule has 1 aromatic heterocycles. The molecule has 0 N–H and O–H groups in total. The SMILES string of the molecule is Cc1c(Cl)ccc2sc(N(CCCN(C)C)C(=O)c3cc(Br)ccc3Cl)nc12. The highest BCUT2D eigenvalue weighted by Crippen LogP contribution is 2.35. The summed E-state index contributed by atoms with van der Waals surface area (Å²) < 4.78 is 1.81. The van der Waals surface area contributed by atoms with Crippen molar-refractivity contribution in [3.05, 3.63) is 56.0 Å². The number of thiazole rings is 1. The minimum Gasteiger partial charge on any atom is -0.309 e. The maximum absolute atomic E-state index is 13.4. The molecule has 1 amide bonds. The molecule has 0 bridgehead atoms. The van der Waals surface area contributed by atoms with Crippen molar-refractivity contribution in [1.82, 2.24) is 9.88 Å². The summed E-state index contributed by atoms with van der Waals surface area (Å²) in [6.07, 6.45) is 0.819. The summed E-state index contributed by atoms with van der Waals surface area (Å²) in [5.74, 6) is -0.159. The van der Waals surface area contributed by atoms with Gasteiger partial charge in [0.15, 0.2) is 5.13 Å². The van der Waals surface area contributed by atoms with Crippen LogP contribution in [0.4, 0.5) is 5.13 Å². The van der Waals surface area contributed by atoms with Crippen LogP contribution in [0.1, 0.15) is 22.3 Å². The van der Waals surface area contributed by atoms with Crippen LogP contribution in [0.5, 0.6) is 0 Å². The van der Waals surface area contributed by atoms with Crippen LogP contribution in [0.2, 0.25) is 10.0 Å². The lowest BCUT2D eigenvalue weighted by molar-refractivity contribution is 0.0986. The van der Waals surface area contributed by atoms with Crippen molar-refractivity contribution >= 4 is 71.7 Å². The van der Waals surface area contributed by atoms with Crippen molar-refractivity contribution in [3.8, 4) is 0 Å². The van der Waals surface area contributed by atoms with E-state index in [0.29, 0.717) is 27.3 Å². The summed E-state index contributed by atoms with van der Waals surface area (Å²) in [6.45, 7) is 3.36. The Morgan fingerprint density at radius 3 is 2.57 bits per heavy atom. The molecule has 0 unspecified atom stereocenters. The fraction of sp³-hybridized carbons (Fsp3) is 0.300. The van der Waals surface area contributed by atoms with E-state index in [2.05, 4.69) is 20.8 Å². The Kier molecular flexibility index (Phi) is 6.99. The second-order valence-electron chi connectivity index (χ2n) is 6.75. The van der Waals surface area contributed by atoms with Crippen LogP contribution < -0.4 is 4.90 Å². The van der Waals surface area contributed by atoms with Gasteiger partial charge >= 0.3 is 0 Å². The highest BCUT2D eigenvalue weighted by atomic mass is 79.9. The summed E-state index contributed by atoms with van der Waals surface area (Å²) >= 11 is 17.5. The van der Waals surface area contributed by atoms with Crippen molar-refractivity contribution in [2.45, 2.75) is 13.3 Å². The summed E-state index contributed by atoms with van der Waals surface area (Å²) in [7, 11) is 4.03. The third kappa shape index (κ3) is 4.69. The van der Waals surface area contributed by atoms with Gasteiger partial charge in [-0.2, -0.15) is 0 Å². The average Bonchev–Trinajstić information content (AvgIpc) is 3.08. The molecule has 1 heterocycles. The highest BCUT2D eigenvalue weighted by Gasteiger charge is 2.24. The van der Waals surface area contributed by atoms with Crippen molar-refractivity contribution in [1.29, 1.82) is 0 Å². The van der Waals surface area contributed by atoms with Crippen LogP contribution in [0.3, 0.4) is 0 Å². The van der Waals surface area contributed by atoms with Crippen LogP contribution in [-0.2, 0) is 0 Å². The van der Waals surface area contributed by atoms with E-state index in [-0.39, 0.29) is 5.91 Å². The molecule has 0 fully saturated rings. The number of aromatic nitrogens is 1. The van der Waals surface area contributed by atoms with Crippen LogP contribution in [0.25, 0.3) is 10.2 Å². The minimum atomic E-state index is -0.159. The zero-order valence-electron chi connectivity index (χ0n) is 15.8. The van der Waals surface area contributed by atoms with E-state index in [1.807, 2.05) is 39.2 Å². The van der Waals surface area contributed by atoms with Gasteiger partial charge in [-0.05, 0) is 69.9 Å². The lowest BCUT2D eigenvalue weighted by atomic mass is 10.2. The van der Waals surface area contributed by atoms with Crippen LogP contribution >= 0.6 is 50.5 Å². The van der Waals surface area contributed by atoms with Crippen LogP contribution in [0.15, 0.2) is 34.8 Å². The maximum Gasteiger partial charge on any atom is 0.261 e. The van der Waals surface area contributed by atoms with Gasteiger partial charge in [0.1, 0.15) is 0 Å². The summed E-state index contributed by atoms with van der Waals surface area (Å²) in [5, 5.41) is 1.75. The number of hydrogen-bond donors (Lipinski definition) is 0. The average molecular weight is 501 g/mol. The number of halogens is 3. The summed E-state index contributed by atoms with van der Waals surface area (Å²) in [4.78, 5) is 21.9. The fourth-order valence-electron chi connectivity index (χ4n) is 2.84. The molecule has 8 heteroatoms. The first kappa shape index (κ1) is 21.5. The predicted octanol–water partition coefficient (Wildman–Crippen LogP) is 6.27. The number of carbonyl (C=O) groups excluding carboxylic acids is 1. The number of hydrogen-bond acceptors (Lipinski definition) is 4. The zero-order valence-corrected chi connectivity index (χ0v) is 19.7. The molecule has 3 aromatic rings. The first-order valence-electron chi connectivity index (χ1n) is 8.75. The third-order valence-corrected chi connectivity index (χ3v) is 6.63. The third-order valence-electron chi connectivity index (χ3n) is 4.36. The lowest BCUT2D eigenvalue weighted by Gasteiger charge is -2.21. The van der Waals surface area contributed by atoms with Gasteiger partial charge in [-0.25, -0.2) is 4.98 Å². The van der Waals surface area contributed by atoms with E-state index in [1.165, 1.54) is 11.3 Å². The van der Waals surface area contributed by atoms with Crippen molar-refractivity contribution in [3.63, 3.8) is 0 Å². The molecule has 0 atom stereocenters. The lowest BCUT2D eigenvalue weighted by Crippen LogP contribution is -2.33. The molecule has 0 saturated carbocycles. The molecule has 0 radical (unpaired) electrons. The van der Waals surface area contributed by atoms with Gasteiger partial charge in [0.05, 0.1) is 20.8 Å². The topological polar surface area (TPSA) is 36.4 Å². The molecule has 0 aliphatic carbocycles. The smallest absolute Gasteiger partial charge is 0.261 e. The Hall–Kier alpha value is -1.18. The van der Waals surface area contributed by atoms with Crippen LogP contribution in [-0.4, -0.2) is 43.0 Å². The molecule has 0 aliphatic rings. The normalized spacial score (nSPS) is 11.4. The summed E-state index contributed by atoms with van der Waals surface area (Å²) in [5.41, 5.74) is 2.20. The monoisotopic (exact) mass is 499 g/mol. The van der Waals surface area contributed by atoms with E-state index in [1.54, 1.807) is 17.0 Å². The van der Waals surface area contributed by atoms with Gasteiger partial charge in [-0.3, -0.25) is 9.69 Å². The number of rotatable bonds is 6. The molecule has 28 heavy (non-hydrogen) atoms. The van der Waals surface area contributed by atoms with Crippen molar-refractivity contribution in [2.75, 3.05) is 32.1 Å². The number of amides is 1. The van der Waals surface area contributed by atoms with Gasteiger partial charge in [-0.1, -0.05) is 50.5 Å². The number of anilines is 1. The van der Waals surface area contributed by atoms with E-state index in [9.17, 15) is 4.79 Å². The Bertz CT molecular complexity index is 1020. The van der Waals surface area contributed by atoms with Crippen LogP contribution in [0, 0.1) is 6.92 Å². The van der Waals surface area contributed by atoms with E-state index in [0.717, 1.165) is 33.2 Å². The number of fused-ring (bicyclic) bond motifs is 1. The molecule has 0 aliphatic heterocycles. The largest absolute Gasteiger partial charge is 0.309 e. The second kappa shape index (κ2) is 9.09. The second-order valence-corrected chi connectivity index (χ2v) is 9.49. The molecule has 0 saturated heterocycles. The van der Waals surface area contributed by atoms with Crippen molar-refractivity contribution < 1.29 is 4.79 Å². The van der Waals surface area contributed by atoms with Gasteiger partial charge in [0.2, 0.25) is 0 Å². The first-order valence-corrected chi connectivity index (χ1v) is 11.1. The van der Waals surface area contributed by atoms with Gasteiger partial charge < -0.3 is 4.90 Å². The first-order chi connectivity index (χ1) is 13.3. The van der Waals surface area contributed by atoms with Gasteiger partial charge in [0.25, 0.3) is 5.91 Å². The highest BCUT2D eigenvalue weighted by molar-refractivity contribution is 9.10. The Morgan fingerprint density at radius 2 is 1.86 bits per heavy atom. The standard InChI is InChI=1S/C20H20BrCl2N3OS/c1-12-15(22)7-8-17-18(12)24-20(28-17)26(10-4-9-25(2)3)19(27)14-11-13(21)5-6-16(14)23/h5-8,11H,4,9-10H2,1-3H3. The molecule has 4 nitrogen and oxygen atoms in total. The molecule has 2 aromatic carbocycles. The molecular formula is C20H20BrCl2N3OS. The maximum atomic E-state index is 13.4. The molecular weight excluding hydrogens is 481 g/mol. The molecule has 148 valence electrons. The molecule has 3 rings (SSSR count). The van der Waals surface area contributed by atoms with E-state index >= 15 is 0 Å². The quantitative estimate of drug-likeness (QED) is 0.400.